The van der Waals surface area contributed by atoms with Gasteiger partial charge in [-0.25, -0.2) is 0 Å². The Morgan fingerprint density at radius 3 is 2.29 bits per heavy atom. The smallest absolute Gasteiger partial charge is 0.0130 e. The minimum atomic E-state index is 0.651. The zero-order valence-electron chi connectivity index (χ0n) is 9.29. The van der Waals surface area contributed by atoms with Crippen molar-refractivity contribution in [1.29, 1.82) is 0 Å². The van der Waals surface area contributed by atoms with Gasteiger partial charge in [0.15, 0.2) is 0 Å². The average molecular weight is 188 g/mol. The van der Waals surface area contributed by atoms with Crippen molar-refractivity contribution in [3.8, 4) is 0 Å². The summed E-state index contributed by atoms with van der Waals surface area (Å²) >= 11 is 0. The summed E-state index contributed by atoms with van der Waals surface area (Å²) in [5.41, 5.74) is 2.87. The van der Waals surface area contributed by atoms with E-state index in [0.29, 0.717) is 5.92 Å². The maximum atomic E-state index is 3.81. The Kier molecular flexibility index (Phi) is 4.45. The van der Waals surface area contributed by atoms with Crippen molar-refractivity contribution in [3.05, 3.63) is 48.0 Å². The number of hydrogen-bond donors (Lipinski definition) is 0. The third kappa shape index (κ3) is 2.73. The zero-order chi connectivity index (χ0) is 10.4. The van der Waals surface area contributed by atoms with E-state index in [-0.39, 0.29) is 0 Å². The molecular weight excluding hydrogens is 168 g/mol. The lowest BCUT2D eigenvalue weighted by Gasteiger charge is -2.13. The SMILES string of the molecule is C=CCC(CC)c1ccc(CC)cc1. The predicted molar refractivity (Wildman–Crippen MR) is 63.7 cm³/mol. The van der Waals surface area contributed by atoms with E-state index in [2.05, 4.69) is 44.7 Å². The number of aryl methyl sites for hydroxylation is 1. The van der Waals surface area contributed by atoms with Crippen LogP contribution in [0.25, 0.3) is 0 Å². The molecule has 0 spiro atoms. The lowest BCUT2D eigenvalue weighted by atomic mass is 9.92. The Bertz CT molecular complexity index is 269. The number of benzene rings is 1. The maximum absolute atomic E-state index is 3.81. The highest BCUT2D eigenvalue weighted by Gasteiger charge is 2.06. The summed E-state index contributed by atoms with van der Waals surface area (Å²) in [4.78, 5) is 0. The number of allylic oxidation sites excluding steroid dienone is 1. The van der Waals surface area contributed by atoms with E-state index >= 15 is 0 Å². The normalized spacial score (nSPS) is 12.4. The van der Waals surface area contributed by atoms with Crippen LogP contribution in [-0.4, -0.2) is 0 Å². The van der Waals surface area contributed by atoms with Crippen LogP contribution in [0.2, 0.25) is 0 Å². The minimum absolute atomic E-state index is 0.651. The molecule has 0 fully saturated rings. The van der Waals surface area contributed by atoms with Gasteiger partial charge >= 0.3 is 0 Å². The van der Waals surface area contributed by atoms with Crippen molar-refractivity contribution in [1.82, 2.24) is 0 Å². The summed E-state index contributed by atoms with van der Waals surface area (Å²) in [6.45, 7) is 8.24. The van der Waals surface area contributed by atoms with Crippen LogP contribution in [0, 0.1) is 0 Å². The number of rotatable bonds is 5. The Morgan fingerprint density at radius 1 is 1.21 bits per heavy atom. The van der Waals surface area contributed by atoms with Crippen molar-refractivity contribution in [2.45, 2.75) is 39.0 Å². The molecule has 0 radical (unpaired) electrons. The molecule has 0 aromatic heterocycles. The zero-order valence-corrected chi connectivity index (χ0v) is 9.29. The lowest BCUT2D eigenvalue weighted by Crippen LogP contribution is -1.95. The third-order valence-corrected chi connectivity index (χ3v) is 2.80. The summed E-state index contributed by atoms with van der Waals surface area (Å²) in [5.74, 6) is 0.651. The van der Waals surface area contributed by atoms with Gasteiger partial charge in [-0.15, -0.1) is 6.58 Å². The molecule has 0 nitrogen and oxygen atoms in total. The molecule has 1 aromatic rings. The molecule has 0 aliphatic rings. The first-order valence-electron chi connectivity index (χ1n) is 5.51. The van der Waals surface area contributed by atoms with Crippen molar-refractivity contribution in [2.75, 3.05) is 0 Å². The summed E-state index contributed by atoms with van der Waals surface area (Å²) in [6, 6.07) is 9.00. The second-order valence-corrected chi connectivity index (χ2v) is 3.72. The van der Waals surface area contributed by atoms with Crippen LogP contribution in [0.1, 0.15) is 43.7 Å². The standard InChI is InChI=1S/C14H20/c1-4-7-13(6-3)14-10-8-12(5-2)9-11-14/h4,8-11,13H,1,5-7H2,2-3H3. The van der Waals surface area contributed by atoms with Crippen molar-refractivity contribution in [3.63, 3.8) is 0 Å². The van der Waals surface area contributed by atoms with Crippen LogP contribution in [-0.2, 0) is 6.42 Å². The van der Waals surface area contributed by atoms with Crippen LogP contribution in [0.15, 0.2) is 36.9 Å². The molecule has 0 aliphatic carbocycles. The summed E-state index contributed by atoms with van der Waals surface area (Å²) < 4.78 is 0. The van der Waals surface area contributed by atoms with Crippen LogP contribution >= 0.6 is 0 Å². The van der Waals surface area contributed by atoms with E-state index in [4.69, 9.17) is 0 Å². The largest absolute Gasteiger partial charge is 0.103 e. The maximum Gasteiger partial charge on any atom is -0.0130 e. The fourth-order valence-electron chi connectivity index (χ4n) is 1.77. The Balaban J connectivity index is 2.77. The highest BCUT2D eigenvalue weighted by atomic mass is 14.1. The van der Waals surface area contributed by atoms with E-state index in [1.165, 1.54) is 17.5 Å². The molecule has 0 heterocycles. The van der Waals surface area contributed by atoms with Crippen LogP contribution in [0.5, 0.6) is 0 Å². The van der Waals surface area contributed by atoms with Gasteiger partial charge in [0.05, 0.1) is 0 Å². The van der Waals surface area contributed by atoms with Gasteiger partial charge in [0, 0.05) is 0 Å². The monoisotopic (exact) mass is 188 g/mol. The van der Waals surface area contributed by atoms with E-state index in [1.807, 2.05) is 6.08 Å². The topological polar surface area (TPSA) is 0 Å². The Morgan fingerprint density at radius 2 is 1.86 bits per heavy atom. The van der Waals surface area contributed by atoms with Gasteiger partial charge in [0.25, 0.3) is 0 Å². The summed E-state index contributed by atoms with van der Waals surface area (Å²) in [6.07, 6.45) is 5.42. The van der Waals surface area contributed by atoms with E-state index in [9.17, 15) is 0 Å². The molecule has 1 atom stereocenters. The molecule has 0 heteroatoms. The molecule has 0 amide bonds. The molecule has 0 aliphatic heterocycles. The van der Waals surface area contributed by atoms with Gasteiger partial charge in [0.2, 0.25) is 0 Å². The minimum Gasteiger partial charge on any atom is -0.103 e. The van der Waals surface area contributed by atoms with Crippen LogP contribution in [0.4, 0.5) is 0 Å². The average Bonchev–Trinajstić information content (AvgIpc) is 2.26. The molecule has 76 valence electrons. The number of hydrogen-bond acceptors (Lipinski definition) is 0. The van der Waals surface area contributed by atoms with Gasteiger partial charge in [-0.05, 0) is 36.3 Å². The molecule has 14 heavy (non-hydrogen) atoms. The molecule has 0 saturated carbocycles. The molecule has 1 rings (SSSR count). The fraction of sp³-hybridized carbons (Fsp3) is 0.429. The first kappa shape index (κ1) is 11.0. The molecule has 0 saturated heterocycles. The van der Waals surface area contributed by atoms with Gasteiger partial charge in [0.1, 0.15) is 0 Å². The van der Waals surface area contributed by atoms with Crippen molar-refractivity contribution < 1.29 is 0 Å². The van der Waals surface area contributed by atoms with E-state index < -0.39 is 0 Å². The molecule has 0 N–H and O–H groups in total. The molecule has 1 unspecified atom stereocenters. The lowest BCUT2D eigenvalue weighted by molar-refractivity contribution is 0.675. The summed E-state index contributed by atoms with van der Waals surface area (Å²) in [5, 5.41) is 0. The molecule has 1 aromatic carbocycles. The van der Waals surface area contributed by atoms with Gasteiger partial charge < -0.3 is 0 Å². The van der Waals surface area contributed by atoms with Crippen molar-refractivity contribution in [2.24, 2.45) is 0 Å². The third-order valence-electron chi connectivity index (χ3n) is 2.80. The quantitative estimate of drug-likeness (QED) is 0.604. The Hall–Kier alpha value is -1.04. The van der Waals surface area contributed by atoms with E-state index in [1.54, 1.807) is 0 Å². The second kappa shape index (κ2) is 5.64. The highest BCUT2D eigenvalue weighted by molar-refractivity contribution is 5.25. The fourth-order valence-corrected chi connectivity index (χ4v) is 1.77. The second-order valence-electron chi connectivity index (χ2n) is 3.72. The first-order valence-corrected chi connectivity index (χ1v) is 5.51. The van der Waals surface area contributed by atoms with Crippen LogP contribution < -0.4 is 0 Å². The molecular formula is C14H20. The Labute approximate surface area is 87.7 Å². The summed E-state index contributed by atoms with van der Waals surface area (Å²) in [7, 11) is 0. The van der Waals surface area contributed by atoms with Gasteiger partial charge in [-0.2, -0.15) is 0 Å². The van der Waals surface area contributed by atoms with E-state index in [0.717, 1.165) is 12.8 Å². The van der Waals surface area contributed by atoms with Crippen molar-refractivity contribution >= 4 is 0 Å². The first-order chi connectivity index (χ1) is 6.81. The highest BCUT2D eigenvalue weighted by Crippen LogP contribution is 2.23. The van der Waals surface area contributed by atoms with Crippen LogP contribution in [0.3, 0.4) is 0 Å². The molecule has 0 bridgehead atoms. The van der Waals surface area contributed by atoms with Gasteiger partial charge in [-0.1, -0.05) is 44.2 Å². The predicted octanol–water partition coefficient (Wildman–Crippen LogP) is 4.32. The van der Waals surface area contributed by atoms with Gasteiger partial charge in [-0.3, -0.25) is 0 Å².